The maximum Gasteiger partial charge on any atom is 0.263 e. The van der Waals surface area contributed by atoms with E-state index in [1.807, 2.05) is 75.4 Å². The van der Waals surface area contributed by atoms with Crippen LogP contribution in [0.5, 0.6) is 5.75 Å². The fourth-order valence-electron chi connectivity index (χ4n) is 3.82. The van der Waals surface area contributed by atoms with Crippen molar-refractivity contribution in [3.05, 3.63) is 76.2 Å². The first-order valence-electron chi connectivity index (χ1n) is 10.6. The van der Waals surface area contributed by atoms with Crippen LogP contribution in [0.15, 0.2) is 65.7 Å². The summed E-state index contributed by atoms with van der Waals surface area (Å²) in [5.41, 5.74) is 2.40. The van der Waals surface area contributed by atoms with Crippen molar-refractivity contribution in [2.24, 2.45) is 0 Å². The fraction of sp³-hybridized carbons (Fsp3) is 0.240. The van der Waals surface area contributed by atoms with Gasteiger partial charge in [0, 0.05) is 22.7 Å². The average molecular weight is 448 g/mol. The summed E-state index contributed by atoms with van der Waals surface area (Å²) in [4.78, 5) is 34.3. The van der Waals surface area contributed by atoms with Gasteiger partial charge < -0.3 is 9.64 Å². The molecule has 6 nitrogen and oxygen atoms in total. The Morgan fingerprint density at radius 2 is 1.81 bits per heavy atom. The number of aryl methyl sites for hydroxylation is 1. The number of hydrogen-bond acceptors (Lipinski definition) is 5. The second-order valence-electron chi connectivity index (χ2n) is 7.32. The molecule has 0 unspecified atom stereocenters. The number of carbonyl (C=O) groups excluding carboxylic acids is 1. The minimum atomic E-state index is -0.208. The van der Waals surface area contributed by atoms with Gasteiger partial charge in [-0.3, -0.25) is 14.2 Å². The van der Waals surface area contributed by atoms with E-state index in [4.69, 9.17) is 4.74 Å². The Bertz CT molecular complexity index is 1290. The molecule has 0 radical (unpaired) electrons. The minimum absolute atomic E-state index is 0.0673. The lowest BCUT2D eigenvalue weighted by Crippen LogP contribution is -2.36. The number of nitrogens with zero attached hydrogens (tertiary/aromatic N) is 3. The highest BCUT2D eigenvalue weighted by Gasteiger charge is 2.20. The van der Waals surface area contributed by atoms with E-state index in [-0.39, 0.29) is 18.0 Å². The van der Waals surface area contributed by atoms with Crippen LogP contribution in [0.25, 0.3) is 21.3 Å². The number of aromatic nitrogens is 2. The van der Waals surface area contributed by atoms with Gasteiger partial charge in [0.05, 0.1) is 18.3 Å². The van der Waals surface area contributed by atoms with E-state index in [2.05, 4.69) is 4.98 Å². The van der Waals surface area contributed by atoms with Crippen LogP contribution < -0.4 is 15.2 Å². The van der Waals surface area contributed by atoms with E-state index in [9.17, 15) is 9.59 Å². The van der Waals surface area contributed by atoms with Crippen molar-refractivity contribution in [3.8, 4) is 16.9 Å². The smallest absolute Gasteiger partial charge is 0.263 e. The summed E-state index contributed by atoms with van der Waals surface area (Å²) in [6.07, 6.45) is 1.47. The van der Waals surface area contributed by atoms with Crippen molar-refractivity contribution >= 4 is 33.1 Å². The Balaban J connectivity index is 1.71. The van der Waals surface area contributed by atoms with E-state index < -0.39 is 0 Å². The van der Waals surface area contributed by atoms with Crippen molar-refractivity contribution in [1.82, 2.24) is 9.55 Å². The van der Waals surface area contributed by atoms with Crippen molar-refractivity contribution in [3.63, 3.8) is 0 Å². The second-order valence-corrected chi connectivity index (χ2v) is 8.53. The largest absolute Gasteiger partial charge is 0.494 e. The van der Waals surface area contributed by atoms with Gasteiger partial charge >= 0.3 is 0 Å². The lowest BCUT2D eigenvalue weighted by molar-refractivity contribution is -0.119. The van der Waals surface area contributed by atoms with Gasteiger partial charge in [-0.1, -0.05) is 30.3 Å². The molecule has 0 bridgehead atoms. The van der Waals surface area contributed by atoms with E-state index in [1.165, 1.54) is 22.2 Å². The Morgan fingerprint density at radius 3 is 2.47 bits per heavy atom. The van der Waals surface area contributed by atoms with Crippen LogP contribution in [0.3, 0.4) is 0 Å². The number of carbonyl (C=O) groups is 1. The predicted molar refractivity (Wildman–Crippen MR) is 130 cm³/mol. The third-order valence-electron chi connectivity index (χ3n) is 5.30. The first-order valence-corrected chi connectivity index (χ1v) is 11.4. The molecule has 2 aromatic carbocycles. The number of rotatable bonds is 7. The van der Waals surface area contributed by atoms with Crippen molar-refractivity contribution in [2.45, 2.75) is 27.3 Å². The SMILES string of the molecule is CCOc1ccc(-c2c(C)sc3ncn(CC(=O)N(CC)c4ccccc4)c(=O)c23)cc1. The van der Waals surface area contributed by atoms with Crippen LogP contribution in [0.1, 0.15) is 18.7 Å². The zero-order valence-corrected chi connectivity index (χ0v) is 19.2. The summed E-state index contributed by atoms with van der Waals surface area (Å²) in [5.74, 6) is 0.631. The molecule has 0 aliphatic carbocycles. The molecule has 2 aromatic heterocycles. The van der Waals surface area contributed by atoms with E-state index >= 15 is 0 Å². The predicted octanol–water partition coefficient (Wildman–Crippen LogP) is 4.89. The number of amides is 1. The first kappa shape index (κ1) is 21.8. The summed E-state index contributed by atoms with van der Waals surface area (Å²) in [6, 6.07) is 17.2. The highest BCUT2D eigenvalue weighted by Crippen LogP contribution is 2.36. The Labute approximate surface area is 190 Å². The summed E-state index contributed by atoms with van der Waals surface area (Å²) < 4.78 is 6.94. The zero-order valence-electron chi connectivity index (χ0n) is 18.4. The molecule has 32 heavy (non-hydrogen) atoms. The molecule has 0 aliphatic rings. The van der Waals surface area contributed by atoms with E-state index in [0.29, 0.717) is 23.4 Å². The van der Waals surface area contributed by atoms with Crippen LogP contribution in [-0.2, 0) is 11.3 Å². The van der Waals surface area contributed by atoms with Crippen LogP contribution in [-0.4, -0.2) is 28.6 Å². The molecule has 0 aliphatic heterocycles. The number of fused-ring (bicyclic) bond motifs is 1. The van der Waals surface area contributed by atoms with Crippen LogP contribution in [0.4, 0.5) is 5.69 Å². The molecule has 0 saturated heterocycles. The number of hydrogen-bond donors (Lipinski definition) is 0. The summed E-state index contributed by atoms with van der Waals surface area (Å²) in [5, 5.41) is 0.551. The standard InChI is InChI=1S/C25H25N3O3S/c1-4-28(19-9-7-6-8-10-19)21(29)15-27-16-26-24-23(25(27)30)22(17(3)32-24)18-11-13-20(14-12-18)31-5-2/h6-14,16H,4-5,15H2,1-3H3. The fourth-order valence-corrected chi connectivity index (χ4v) is 4.83. The van der Waals surface area contributed by atoms with E-state index in [1.54, 1.807) is 4.90 Å². The first-order chi connectivity index (χ1) is 15.5. The molecule has 0 saturated carbocycles. The Morgan fingerprint density at radius 1 is 1.09 bits per heavy atom. The van der Waals surface area contributed by atoms with Crippen LogP contribution in [0, 0.1) is 6.92 Å². The summed E-state index contributed by atoms with van der Waals surface area (Å²) >= 11 is 1.49. The molecule has 4 aromatic rings. The molecule has 0 N–H and O–H groups in total. The van der Waals surface area contributed by atoms with E-state index in [0.717, 1.165) is 27.4 Å². The van der Waals surface area contributed by atoms with Gasteiger partial charge in [-0.2, -0.15) is 0 Å². The minimum Gasteiger partial charge on any atom is -0.494 e. The lowest BCUT2D eigenvalue weighted by Gasteiger charge is -2.21. The highest BCUT2D eigenvalue weighted by molar-refractivity contribution is 7.19. The second kappa shape index (κ2) is 9.36. The molecular formula is C25H25N3O3S. The third kappa shape index (κ3) is 4.16. The maximum absolute atomic E-state index is 13.4. The van der Waals surface area contributed by atoms with Gasteiger partial charge in [-0.25, -0.2) is 4.98 Å². The maximum atomic E-state index is 13.4. The zero-order chi connectivity index (χ0) is 22.7. The number of likely N-dealkylation sites (N-methyl/N-ethyl adjacent to an activating group) is 1. The average Bonchev–Trinajstić information content (AvgIpc) is 3.14. The van der Waals surface area contributed by atoms with Gasteiger partial charge in [0.15, 0.2) is 0 Å². The lowest BCUT2D eigenvalue weighted by atomic mass is 10.0. The molecular weight excluding hydrogens is 422 g/mol. The number of ether oxygens (including phenoxy) is 1. The van der Waals surface area contributed by atoms with Gasteiger partial charge in [0.1, 0.15) is 17.1 Å². The molecule has 0 spiro atoms. The topological polar surface area (TPSA) is 64.4 Å². The third-order valence-corrected chi connectivity index (χ3v) is 6.31. The molecule has 0 fully saturated rings. The van der Waals surface area contributed by atoms with Gasteiger partial charge in [0.25, 0.3) is 5.56 Å². The molecule has 2 heterocycles. The molecule has 1 amide bonds. The monoisotopic (exact) mass is 447 g/mol. The number of anilines is 1. The Hall–Kier alpha value is -3.45. The number of benzene rings is 2. The number of para-hydroxylation sites is 1. The Kier molecular flexibility index (Phi) is 6.37. The molecule has 164 valence electrons. The normalized spacial score (nSPS) is 11.0. The number of thiophene rings is 1. The quantitative estimate of drug-likeness (QED) is 0.405. The van der Waals surface area contributed by atoms with Crippen molar-refractivity contribution < 1.29 is 9.53 Å². The van der Waals surface area contributed by atoms with Gasteiger partial charge in [-0.15, -0.1) is 11.3 Å². The van der Waals surface area contributed by atoms with Crippen LogP contribution >= 0.6 is 11.3 Å². The molecule has 4 rings (SSSR count). The highest BCUT2D eigenvalue weighted by atomic mass is 32.1. The van der Waals surface area contributed by atoms with Crippen molar-refractivity contribution in [1.29, 1.82) is 0 Å². The van der Waals surface area contributed by atoms with Crippen molar-refractivity contribution in [2.75, 3.05) is 18.1 Å². The van der Waals surface area contributed by atoms with Crippen LogP contribution in [0.2, 0.25) is 0 Å². The van der Waals surface area contributed by atoms with Gasteiger partial charge in [-0.05, 0) is 50.6 Å². The van der Waals surface area contributed by atoms with Gasteiger partial charge in [0.2, 0.25) is 5.91 Å². The molecule has 7 heteroatoms. The molecule has 0 atom stereocenters. The summed E-state index contributed by atoms with van der Waals surface area (Å²) in [6.45, 7) is 6.89. The summed E-state index contributed by atoms with van der Waals surface area (Å²) in [7, 11) is 0.